The van der Waals surface area contributed by atoms with E-state index in [1.807, 2.05) is 50.2 Å². The molecule has 1 saturated heterocycles. The number of carbonyl (C=O) groups is 1. The summed E-state index contributed by atoms with van der Waals surface area (Å²) in [6, 6.07) is 19.0. The molecule has 1 aliphatic heterocycles. The van der Waals surface area contributed by atoms with E-state index in [9.17, 15) is 4.79 Å². The van der Waals surface area contributed by atoms with Crippen molar-refractivity contribution in [2.75, 3.05) is 7.05 Å². The van der Waals surface area contributed by atoms with Crippen LogP contribution in [0.1, 0.15) is 22.5 Å². The van der Waals surface area contributed by atoms with Crippen LogP contribution >= 0.6 is 11.8 Å². The number of nitrogens with zero attached hydrogens (tertiary/aromatic N) is 3. The van der Waals surface area contributed by atoms with Gasteiger partial charge >= 0.3 is 0 Å². The molecule has 0 N–H and O–H groups in total. The van der Waals surface area contributed by atoms with Crippen molar-refractivity contribution in [3.8, 4) is 17.4 Å². The van der Waals surface area contributed by atoms with Crippen LogP contribution in [0.3, 0.4) is 0 Å². The summed E-state index contributed by atoms with van der Waals surface area (Å²) in [4.78, 5) is 19.4. The third-order valence-corrected chi connectivity index (χ3v) is 5.69. The first-order valence-electron chi connectivity index (χ1n) is 9.38. The molecular formula is C24H19N3O2S. The van der Waals surface area contributed by atoms with Gasteiger partial charge in [0.1, 0.15) is 11.5 Å². The van der Waals surface area contributed by atoms with Gasteiger partial charge in [-0.05, 0) is 85.3 Å². The van der Waals surface area contributed by atoms with Gasteiger partial charge in [-0.2, -0.15) is 5.26 Å². The standard InChI is InChI=1S/C24H19N3O2S/c1-15-10-16(2)12-19(11-15)26-24-27(3)23(28)22(30-24)13-20-8-9-21(29-20)18-6-4-17(14-25)5-7-18/h4-13H,1-3H3/b22-13-,26-24?. The quantitative estimate of drug-likeness (QED) is 0.519. The summed E-state index contributed by atoms with van der Waals surface area (Å²) in [6.45, 7) is 4.06. The van der Waals surface area contributed by atoms with E-state index in [4.69, 9.17) is 9.68 Å². The van der Waals surface area contributed by atoms with E-state index in [0.29, 0.717) is 27.2 Å². The zero-order chi connectivity index (χ0) is 21.3. The lowest BCUT2D eigenvalue weighted by Crippen LogP contribution is -2.23. The second kappa shape index (κ2) is 8.05. The molecule has 0 spiro atoms. The predicted molar refractivity (Wildman–Crippen MR) is 120 cm³/mol. The third-order valence-electron chi connectivity index (χ3n) is 4.63. The summed E-state index contributed by atoms with van der Waals surface area (Å²) in [7, 11) is 1.72. The van der Waals surface area contributed by atoms with Crippen molar-refractivity contribution in [2.45, 2.75) is 13.8 Å². The third kappa shape index (κ3) is 4.07. The fourth-order valence-corrected chi connectivity index (χ4v) is 4.17. The minimum atomic E-state index is -0.112. The van der Waals surface area contributed by atoms with Crippen LogP contribution in [0, 0.1) is 25.2 Å². The Kier molecular flexibility index (Phi) is 5.30. The number of carbonyl (C=O) groups excluding carboxylic acids is 1. The second-order valence-electron chi connectivity index (χ2n) is 7.11. The molecule has 0 unspecified atom stereocenters. The number of amidine groups is 1. The highest BCUT2D eigenvalue weighted by Gasteiger charge is 2.30. The van der Waals surface area contributed by atoms with Gasteiger partial charge in [-0.3, -0.25) is 9.69 Å². The van der Waals surface area contributed by atoms with Gasteiger partial charge in [0.2, 0.25) is 0 Å². The van der Waals surface area contributed by atoms with Crippen LogP contribution in [-0.2, 0) is 4.79 Å². The van der Waals surface area contributed by atoms with Crippen LogP contribution in [0.2, 0.25) is 0 Å². The minimum Gasteiger partial charge on any atom is -0.457 e. The van der Waals surface area contributed by atoms with E-state index in [0.717, 1.165) is 22.4 Å². The van der Waals surface area contributed by atoms with Crippen molar-refractivity contribution in [3.05, 3.63) is 82.0 Å². The number of hydrogen-bond donors (Lipinski definition) is 0. The lowest BCUT2D eigenvalue weighted by Gasteiger charge is -2.07. The average molecular weight is 414 g/mol. The van der Waals surface area contributed by atoms with Gasteiger partial charge in [0.05, 0.1) is 22.2 Å². The number of aryl methyl sites for hydroxylation is 2. The van der Waals surface area contributed by atoms with Gasteiger partial charge in [0.25, 0.3) is 5.91 Å². The Morgan fingerprint density at radius 2 is 1.77 bits per heavy atom. The summed E-state index contributed by atoms with van der Waals surface area (Å²) in [5.41, 5.74) is 4.57. The van der Waals surface area contributed by atoms with Gasteiger partial charge in [0.15, 0.2) is 5.17 Å². The molecule has 30 heavy (non-hydrogen) atoms. The maximum atomic E-state index is 12.7. The lowest BCUT2D eigenvalue weighted by molar-refractivity contribution is -0.121. The molecule has 3 aromatic rings. The lowest BCUT2D eigenvalue weighted by atomic mass is 10.1. The molecule has 6 heteroatoms. The molecule has 0 aliphatic carbocycles. The Morgan fingerprint density at radius 1 is 1.07 bits per heavy atom. The molecule has 2 aromatic carbocycles. The fraction of sp³-hybridized carbons (Fsp3) is 0.125. The molecule has 4 rings (SSSR count). The van der Waals surface area contributed by atoms with Gasteiger partial charge in [-0.15, -0.1) is 0 Å². The number of furan rings is 1. The molecular weight excluding hydrogens is 394 g/mol. The maximum absolute atomic E-state index is 12.7. The first-order chi connectivity index (χ1) is 14.4. The highest BCUT2D eigenvalue weighted by atomic mass is 32.2. The number of amides is 1. The highest BCUT2D eigenvalue weighted by Crippen LogP contribution is 2.34. The largest absolute Gasteiger partial charge is 0.457 e. The second-order valence-corrected chi connectivity index (χ2v) is 8.12. The van der Waals surface area contributed by atoms with Crippen LogP contribution in [0.4, 0.5) is 5.69 Å². The van der Waals surface area contributed by atoms with Crippen molar-refractivity contribution < 1.29 is 9.21 Å². The molecule has 0 atom stereocenters. The zero-order valence-corrected chi connectivity index (χ0v) is 17.7. The van der Waals surface area contributed by atoms with Crippen LogP contribution in [0.25, 0.3) is 17.4 Å². The molecule has 2 heterocycles. The monoisotopic (exact) mass is 413 g/mol. The Hall–Kier alpha value is -3.56. The number of nitriles is 1. The molecule has 0 bridgehead atoms. The predicted octanol–water partition coefficient (Wildman–Crippen LogP) is 5.67. The summed E-state index contributed by atoms with van der Waals surface area (Å²) in [5.74, 6) is 1.16. The summed E-state index contributed by atoms with van der Waals surface area (Å²) >= 11 is 1.33. The number of aliphatic imine (C=N–C) groups is 1. The van der Waals surface area contributed by atoms with E-state index in [1.54, 1.807) is 30.2 Å². The number of benzene rings is 2. The van der Waals surface area contributed by atoms with Gasteiger partial charge in [0, 0.05) is 18.7 Å². The number of thioether (sulfide) groups is 1. The van der Waals surface area contributed by atoms with Gasteiger partial charge in [-0.25, -0.2) is 4.99 Å². The van der Waals surface area contributed by atoms with Crippen molar-refractivity contribution in [1.29, 1.82) is 5.26 Å². The Morgan fingerprint density at radius 3 is 2.43 bits per heavy atom. The van der Waals surface area contributed by atoms with Crippen molar-refractivity contribution in [2.24, 2.45) is 4.99 Å². The Labute approximate surface area is 179 Å². The normalized spacial score (nSPS) is 16.5. The maximum Gasteiger partial charge on any atom is 0.266 e. The molecule has 148 valence electrons. The molecule has 0 saturated carbocycles. The van der Waals surface area contributed by atoms with Crippen molar-refractivity contribution >= 4 is 34.6 Å². The molecule has 5 nitrogen and oxygen atoms in total. The van der Waals surface area contributed by atoms with E-state index in [-0.39, 0.29) is 5.91 Å². The fourth-order valence-electron chi connectivity index (χ4n) is 3.20. The van der Waals surface area contributed by atoms with E-state index in [2.05, 4.69) is 17.1 Å². The zero-order valence-electron chi connectivity index (χ0n) is 16.8. The van der Waals surface area contributed by atoms with E-state index in [1.165, 1.54) is 11.8 Å². The van der Waals surface area contributed by atoms with E-state index < -0.39 is 0 Å². The highest BCUT2D eigenvalue weighted by molar-refractivity contribution is 8.18. The number of rotatable bonds is 3. The van der Waals surface area contributed by atoms with Crippen molar-refractivity contribution in [3.63, 3.8) is 0 Å². The van der Waals surface area contributed by atoms with Crippen LogP contribution < -0.4 is 0 Å². The SMILES string of the molecule is Cc1cc(C)cc(N=C2S/C(=C\c3ccc(-c4ccc(C#N)cc4)o3)C(=O)N2C)c1. The first kappa shape index (κ1) is 19.7. The summed E-state index contributed by atoms with van der Waals surface area (Å²) in [6.07, 6.45) is 1.74. The summed E-state index contributed by atoms with van der Waals surface area (Å²) < 4.78 is 5.89. The summed E-state index contributed by atoms with van der Waals surface area (Å²) in [5, 5.41) is 9.56. The van der Waals surface area contributed by atoms with Crippen LogP contribution in [-0.4, -0.2) is 23.0 Å². The molecule has 1 aromatic heterocycles. The molecule has 1 fully saturated rings. The molecule has 1 amide bonds. The van der Waals surface area contributed by atoms with E-state index >= 15 is 0 Å². The molecule has 1 aliphatic rings. The number of likely N-dealkylation sites (N-methyl/N-ethyl adjacent to an activating group) is 1. The Bertz CT molecular complexity index is 1210. The Balaban J connectivity index is 1.58. The topological polar surface area (TPSA) is 69.6 Å². The van der Waals surface area contributed by atoms with Crippen LogP contribution in [0.15, 0.2) is 68.9 Å². The average Bonchev–Trinajstić information content (AvgIpc) is 3.28. The van der Waals surface area contributed by atoms with Crippen molar-refractivity contribution in [1.82, 2.24) is 4.90 Å². The number of hydrogen-bond acceptors (Lipinski definition) is 5. The van der Waals surface area contributed by atoms with Gasteiger partial charge in [-0.1, -0.05) is 6.07 Å². The van der Waals surface area contributed by atoms with Crippen LogP contribution in [0.5, 0.6) is 0 Å². The first-order valence-corrected chi connectivity index (χ1v) is 10.2. The molecule has 0 radical (unpaired) electrons. The minimum absolute atomic E-state index is 0.112. The smallest absolute Gasteiger partial charge is 0.266 e. The van der Waals surface area contributed by atoms with Gasteiger partial charge < -0.3 is 4.42 Å².